The molecule has 1 atom stereocenters. The van der Waals surface area contributed by atoms with Crippen molar-refractivity contribution in [2.75, 3.05) is 26.8 Å². The highest BCUT2D eigenvalue weighted by atomic mass is 16.5. The third-order valence-electron chi connectivity index (χ3n) is 3.70. The third-order valence-corrected chi connectivity index (χ3v) is 3.70. The molecule has 3 heteroatoms. The molecule has 0 aromatic heterocycles. The molecule has 0 aromatic carbocycles. The van der Waals surface area contributed by atoms with Gasteiger partial charge in [0.2, 0.25) is 0 Å². The van der Waals surface area contributed by atoms with Crippen LogP contribution in [0.5, 0.6) is 0 Å². The maximum absolute atomic E-state index is 6.38. The molecule has 0 heterocycles. The summed E-state index contributed by atoms with van der Waals surface area (Å²) >= 11 is 0. The average Bonchev–Trinajstić information content (AvgIpc) is 3.06. The molecule has 2 saturated carbocycles. The topological polar surface area (TPSA) is 38.5 Å². The lowest BCUT2D eigenvalue weighted by atomic mass is 9.96. The van der Waals surface area contributed by atoms with Crippen molar-refractivity contribution in [3.8, 4) is 0 Å². The molecular formula is C12H24N2O. The van der Waals surface area contributed by atoms with Gasteiger partial charge in [0.25, 0.3) is 0 Å². The minimum Gasteiger partial charge on any atom is -0.383 e. The van der Waals surface area contributed by atoms with Gasteiger partial charge in [0, 0.05) is 31.8 Å². The number of ether oxygens (including phenoxy) is 1. The molecule has 0 amide bonds. The zero-order valence-electron chi connectivity index (χ0n) is 10.0. The fraction of sp³-hybridized carbons (Fsp3) is 1.00. The van der Waals surface area contributed by atoms with Crippen LogP contribution in [0.25, 0.3) is 0 Å². The minimum absolute atomic E-state index is 0.0241. The van der Waals surface area contributed by atoms with Crippen molar-refractivity contribution < 1.29 is 4.74 Å². The second-order valence-corrected chi connectivity index (χ2v) is 5.47. The molecule has 0 aliphatic heterocycles. The highest BCUT2D eigenvalue weighted by Crippen LogP contribution is 2.39. The Balaban J connectivity index is 1.81. The Morgan fingerprint density at radius 2 is 2.00 bits per heavy atom. The Hall–Kier alpha value is -0.120. The van der Waals surface area contributed by atoms with Crippen LogP contribution in [0.4, 0.5) is 0 Å². The van der Waals surface area contributed by atoms with E-state index in [0.29, 0.717) is 0 Å². The Morgan fingerprint density at radius 3 is 2.47 bits per heavy atom. The van der Waals surface area contributed by atoms with Gasteiger partial charge in [-0.2, -0.15) is 0 Å². The van der Waals surface area contributed by atoms with E-state index in [9.17, 15) is 0 Å². The molecule has 0 aromatic rings. The van der Waals surface area contributed by atoms with E-state index in [2.05, 4.69) is 11.8 Å². The van der Waals surface area contributed by atoms with Gasteiger partial charge in [-0.15, -0.1) is 0 Å². The average molecular weight is 212 g/mol. The standard InChI is InChI=1S/C12H24N2O/c1-12(13,10-3-4-10)9-14(7-8-15-2)11-5-6-11/h10-11H,3-9,13H2,1-2H3. The van der Waals surface area contributed by atoms with Gasteiger partial charge in [0.15, 0.2) is 0 Å². The van der Waals surface area contributed by atoms with Gasteiger partial charge in [-0.3, -0.25) is 4.90 Å². The first kappa shape index (κ1) is 11.4. The second kappa shape index (κ2) is 4.40. The van der Waals surface area contributed by atoms with Crippen molar-refractivity contribution in [2.24, 2.45) is 11.7 Å². The Bertz CT molecular complexity index is 210. The van der Waals surface area contributed by atoms with Crippen molar-refractivity contribution in [1.82, 2.24) is 4.90 Å². The molecule has 2 aliphatic carbocycles. The van der Waals surface area contributed by atoms with E-state index in [1.54, 1.807) is 7.11 Å². The molecule has 0 saturated heterocycles. The van der Waals surface area contributed by atoms with Crippen LogP contribution in [0.1, 0.15) is 32.6 Å². The van der Waals surface area contributed by atoms with E-state index >= 15 is 0 Å². The number of nitrogens with zero attached hydrogens (tertiary/aromatic N) is 1. The van der Waals surface area contributed by atoms with E-state index in [4.69, 9.17) is 10.5 Å². The van der Waals surface area contributed by atoms with E-state index in [1.165, 1.54) is 25.7 Å². The second-order valence-electron chi connectivity index (χ2n) is 5.47. The lowest BCUT2D eigenvalue weighted by molar-refractivity contribution is 0.123. The summed E-state index contributed by atoms with van der Waals surface area (Å²) in [6.45, 7) is 5.14. The summed E-state index contributed by atoms with van der Waals surface area (Å²) < 4.78 is 5.16. The van der Waals surface area contributed by atoms with Crippen molar-refractivity contribution >= 4 is 0 Å². The van der Waals surface area contributed by atoms with Crippen LogP contribution in [-0.4, -0.2) is 43.3 Å². The van der Waals surface area contributed by atoms with Crippen molar-refractivity contribution in [3.63, 3.8) is 0 Å². The molecule has 1 unspecified atom stereocenters. The van der Waals surface area contributed by atoms with E-state index in [-0.39, 0.29) is 5.54 Å². The number of nitrogens with two attached hydrogens (primary N) is 1. The first-order valence-electron chi connectivity index (χ1n) is 6.15. The maximum atomic E-state index is 6.38. The van der Waals surface area contributed by atoms with Crippen LogP contribution in [-0.2, 0) is 4.74 Å². The van der Waals surface area contributed by atoms with E-state index < -0.39 is 0 Å². The van der Waals surface area contributed by atoms with Gasteiger partial charge >= 0.3 is 0 Å². The largest absolute Gasteiger partial charge is 0.383 e. The summed E-state index contributed by atoms with van der Waals surface area (Å²) in [6.07, 6.45) is 5.36. The summed E-state index contributed by atoms with van der Waals surface area (Å²) in [6, 6.07) is 0.793. The number of methoxy groups -OCH3 is 1. The van der Waals surface area contributed by atoms with Crippen molar-refractivity contribution in [3.05, 3.63) is 0 Å². The van der Waals surface area contributed by atoms with Crippen LogP contribution < -0.4 is 5.73 Å². The summed E-state index contributed by atoms with van der Waals surface area (Å²) in [4.78, 5) is 2.53. The smallest absolute Gasteiger partial charge is 0.0589 e. The summed E-state index contributed by atoms with van der Waals surface area (Å²) in [5.74, 6) is 0.765. The number of rotatable bonds is 7. The fourth-order valence-corrected chi connectivity index (χ4v) is 2.35. The van der Waals surface area contributed by atoms with Crippen LogP contribution in [0.15, 0.2) is 0 Å². The first-order valence-corrected chi connectivity index (χ1v) is 6.15. The lowest BCUT2D eigenvalue weighted by Gasteiger charge is -2.32. The van der Waals surface area contributed by atoms with Crippen LogP contribution in [0.3, 0.4) is 0 Å². The highest BCUT2D eigenvalue weighted by Gasteiger charge is 2.41. The summed E-state index contributed by atoms with van der Waals surface area (Å²) in [5.41, 5.74) is 6.40. The van der Waals surface area contributed by atoms with E-state index in [1.807, 2.05) is 0 Å². The predicted molar refractivity (Wildman–Crippen MR) is 61.8 cm³/mol. The minimum atomic E-state index is 0.0241. The number of hydrogen-bond donors (Lipinski definition) is 1. The van der Waals surface area contributed by atoms with Gasteiger partial charge in [-0.25, -0.2) is 0 Å². The molecule has 2 N–H and O–H groups in total. The summed E-state index contributed by atoms with van der Waals surface area (Å²) in [5, 5.41) is 0. The van der Waals surface area contributed by atoms with Gasteiger partial charge in [0.05, 0.1) is 6.61 Å². The SMILES string of the molecule is COCCN(CC(C)(N)C1CC1)C1CC1. The molecule has 88 valence electrons. The Morgan fingerprint density at radius 1 is 1.33 bits per heavy atom. The first-order chi connectivity index (χ1) is 7.13. The van der Waals surface area contributed by atoms with Gasteiger partial charge in [-0.1, -0.05) is 0 Å². The van der Waals surface area contributed by atoms with Gasteiger partial charge in [-0.05, 0) is 38.5 Å². The Labute approximate surface area is 93.0 Å². The van der Waals surface area contributed by atoms with Crippen LogP contribution in [0, 0.1) is 5.92 Å². The number of hydrogen-bond acceptors (Lipinski definition) is 3. The third kappa shape index (κ3) is 3.16. The molecule has 0 radical (unpaired) electrons. The highest BCUT2D eigenvalue weighted by molar-refractivity contribution is 4.99. The van der Waals surface area contributed by atoms with Crippen molar-refractivity contribution in [1.29, 1.82) is 0 Å². The van der Waals surface area contributed by atoms with Gasteiger partial charge < -0.3 is 10.5 Å². The lowest BCUT2D eigenvalue weighted by Crippen LogP contribution is -2.51. The predicted octanol–water partition coefficient (Wildman–Crippen LogP) is 1.22. The molecule has 15 heavy (non-hydrogen) atoms. The van der Waals surface area contributed by atoms with Crippen LogP contribution in [0.2, 0.25) is 0 Å². The normalized spacial score (nSPS) is 25.6. The molecule has 2 rings (SSSR count). The summed E-state index contributed by atoms with van der Waals surface area (Å²) in [7, 11) is 1.77. The molecule has 2 aliphatic rings. The fourth-order valence-electron chi connectivity index (χ4n) is 2.35. The zero-order chi connectivity index (χ0) is 10.9. The molecule has 0 bridgehead atoms. The molecular weight excluding hydrogens is 188 g/mol. The van der Waals surface area contributed by atoms with E-state index in [0.717, 1.165) is 31.7 Å². The Kier molecular flexibility index (Phi) is 3.33. The van der Waals surface area contributed by atoms with Crippen LogP contribution >= 0.6 is 0 Å². The maximum Gasteiger partial charge on any atom is 0.0589 e. The quantitative estimate of drug-likeness (QED) is 0.689. The molecule has 3 nitrogen and oxygen atoms in total. The molecule has 2 fully saturated rings. The zero-order valence-corrected chi connectivity index (χ0v) is 10.0. The molecule has 0 spiro atoms. The van der Waals surface area contributed by atoms with Gasteiger partial charge in [0.1, 0.15) is 0 Å². The van der Waals surface area contributed by atoms with Crippen molar-refractivity contribution in [2.45, 2.75) is 44.2 Å². The monoisotopic (exact) mass is 212 g/mol.